The van der Waals surface area contributed by atoms with Crippen molar-refractivity contribution in [2.75, 3.05) is 7.11 Å². The molecule has 0 bridgehead atoms. The minimum Gasteiger partial charge on any atom is -0.496 e. The lowest BCUT2D eigenvalue weighted by Gasteiger charge is -2.10. The summed E-state index contributed by atoms with van der Waals surface area (Å²) in [5.41, 5.74) is 3.12. The van der Waals surface area contributed by atoms with Crippen molar-refractivity contribution in [2.24, 2.45) is 0 Å². The van der Waals surface area contributed by atoms with E-state index in [-0.39, 0.29) is 0 Å². The van der Waals surface area contributed by atoms with E-state index in [4.69, 9.17) is 4.74 Å². The zero-order chi connectivity index (χ0) is 15.6. The van der Waals surface area contributed by atoms with E-state index in [1.54, 1.807) is 13.3 Å². The molecule has 2 aromatic heterocycles. The third kappa shape index (κ3) is 2.34. The first-order valence-corrected chi connectivity index (χ1v) is 7.38. The molecule has 4 aromatic rings. The second-order valence-electron chi connectivity index (χ2n) is 5.25. The molecule has 0 fully saturated rings. The molecule has 2 heterocycles. The van der Waals surface area contributed by atoms with Gasteiger partial charge in [-0.05, 0) is 18.2 Å². The molecule has 112 valence electrons. The Bertz CT molecular complexity index is 961. The van der Waals surface area contributed by atoms with E-state index in [0.29, 0.717) is 0 Å². The molecule has 0 N–H and O–H groups in total. The van der Waals surface area contributed by atoms with Crippen LogP contribution in [0.4, 0.5) is 0 Å². The normalized spacial score (nSPS) is 10.8. The number of hydrogen-bond donors (Lipinski definition) is 0. The Labute approximate surface area is 134 Å². The lowest BCUT2D eigenvalue weighted by atomic mass is 10.1. The van der Waals surface area contributed by atoms with Gasteiger partial charge in [-0.2, -0.15) is 5.10 Å². The molecule has 0 aliphatic rings. The highest BCUT2D eigenvalue weighted by atomic mass is 16.5. The molecule has 23 heavy (non-hydrogen) atoms. The Hall–Kier alpha value is -3.14. The molecule has 4 nitrogen and oxygen atoms in total. The number of methoxy groups -OCH3 is 1. The third-order valence-corrected chi connectivity index (χ3v) is 3.91. The van der Waals surface area contributed by atoms with Gasteiger partial charge in [0, 0.05) is 40.5 Å². The largest absolute Gasteiger partial charge is 0.496 e. The second-order valence-corrected chi connectivity index (χ2v) is 5.25. The van der Waals surface area contributed by atoms with Crippen molar-refractivity contribution in [1.29, 1.82) is 0 Å². The average Bonchev–Trinajstić information content (AvgIpc) is 3.11. The number of nitrogens with zero attached hydrogens (tertiary/aromatic N) is 3. The highest BCUT2D eigenvalue weighted by molar-refractivity contribution is 5.94. The summed E-state index contributed by atoms with van der Waals surface area (Å²) in [5, 5.41) is 6.70. The average molecular weight is 301 g/mol. The SMILES string of the molecule is COc1ccc(-n2cc(-c3cccnc3)cn2)c2ccccc12. The van der Waals surface area contributed by atoms with Gasteiger partial charge in [0.1, 0.15) is 5.75 Å². The van der Waals surface area contributed by atoms with Gasteiger partial charge in [0.2, 0.25) is 0 Å². The number of fused-ring (bicyclic) bond motifs is 1. The van der Waals surface area contributed by atoms with Crippen LogP contribution in [0.1, 0.15) is 0 Å². The smallest absolute Gasteiger partial charge is 0.126 e. The van der Waals surface area contributed by atoms with Crippen molar-refractivity contribution in [2.45, 2.75) is 0 Å². The van der Waals surface area contributed by atoms with Gasteiger partial charge in [0.15, 0.2) is 0 Å². The third-order valence-electron chi connectivity index (χ3n) is 3.91. The van der Waals surface area contributed by atoms with Crippen LogP contribution in [-0.4, -0.2) is 21.9 Å². The van der Waals surface area contributed by atoms with E-state index in [1.807, 2.05) is 59.7 Å². The van der Waals surface area contributed by atoms with Crippen molar-refractivity contribution in [3.05, 3.63) is 73.3 Å². The maximum Gasteiger partial charge on any atom is 0.126 e. The van der Waals surface area contributed by atoms with Gasteiger partial charge >= 0.3 is 0 Å². The van der Waals surface area contributed by atoms with Crippen molar-refractivity contribution in [3.8, 4) is 22.6 Å². The van der Waals surface area contributed by atoms with Crippen LogP contribution in [0.3, 0.4) is 0 Å². The molecular weight excluding hydrogens is 286 g/mol. The van der Waals surface area contributed by atoms with Crippen LogP contribution < -0.4 is 4.74 Å². The van der Waals surface area contributed by atoms with Gasteiger partial charge in [-0.1, -0.05) is 30.3 Å². The van der Waals surface area contributed by atoms with Gasteiger partial charge < -0.3 is 4.74 Å². The summed E-state index contributed by atoms with van der Waals surface area (Å²) in [6.07, 6.45) is 7.49. The van der Waals surface area contributed by atoms with Gasteiger partial charge in [-0.3, -0.25) is 4.98 Å². The predicted octanol–water partition coefficient (Wildman–Crippen LogP) is 4.10. The van der Waals surface area contributed by atoms with Crippen LogP contribution in [0.15, 0.2) is 73.3 Å². The molecule has 0 amide bonds. The molecule has 4 rings (SSSR count). The standard InChI is InChI=1S/C19H15N3O/c1-23-19-9-8-18(16-6-2-3-7-17(16)19)22-13-15(12-21-22)14-5-4-10-20-11-14/h2-13H,1H3. The van der Waals surface area contributed by atoms with E-state index in [9.17, 15) is 0 Å². The van der Waals surface area contributed by atoms with E-state index in [2.05, 4.69) is 22.2 Å². The van der Waals surface area contributed by atoms with E-state index in [0.717, 1.165) is 33.3 Å². The molecule has 0 radical (unpaired) electrons. The van der Waals surface area contributed by atoms with Gasteiger partial charge in [-0.25, -0.2) is 4.68 Å². The zero-order valence-electron chi connectivity index (χ0n) is 12.7. The Morgan fingerprint density at radius 3 is 2.52 bits per heavy atom. The second kappa shape index (κ2) is 5.57. The number of hydrogen-bond acceptors (Lipinski definition) is 3. The summed E-state index contributed by atoms with van der Waals surface area (Å²) in [5.74, 6) is 0.865. The number of pyridine rings is 1. The van der Waals surface area contributed by atoms with Crippen molar-refractivity contribution >= 4 is 10.8 Å². The first-order chi connectivity index (χ1) is 11.4. The quantitative estimate of drug-likeness (QED) is 0.572. The Morgan fingerprint density at radius 2 is 1.74 bits per heavy atom. The monoisotopic (exact) mass is 301 g/mol. The van der Waals surface area contributed by atoms with Crippen LogP contribution in [0.25, 0.3) is 27.6 Å². The number of benzene rings is 2. The predicted molar refractivity (Wildman–Crippen MR) is 90.9 cm³/mol. The number of aromatic nitrogens is 3. The Morgan fingerprint density at radius 1 is 0.870 bits per heavy atom. The van der Waals surface area contributed by atoms with Crippen molar-refractivity contribution in [1.82, 2.24) is 14.8 Å². The van der Waals surface area contributed by atoms with E-state index in [1.165, 1.54) is 0 Å². The molecule has 2 aromatic carbocycles. The Balaban J connectivity index is 1.86. The highest BCUT2D eigenvalue weighted by Gasteiger charge is 2.09. The molecule has 0 saturated carbocycles. The van der Waals surface area contributed by atoms with Crippen LogP contribution >= 0.6 is 0 Å². The number of ether oxygens (including phenoxy) is 1. The summed E-state index contributed by atoms with van der Waals surface area (Å²) in [7, 11) is 1.69. The molecular formula is C19H15N3O. The van der Waals surface area contributed by atoms with Crippen molar-refractivity contribution in [3.63, 3.8) is 0 Å². The van der Waals surface area contributed by atoms with Gasteiger partial charge in [0.05, 0.1) is 19.0 Å². The molecule has 4 heteroatoms. The summed E-state index contributed by atoms with van der Waals surface area (Å²) >= 11 is 0. The Kier molecular flexibility index (Phi) is 3.27. The molecule has 0 atom stereocenters. The molecule has 0 unspecified atom stereocenters. The fourth-order valence-electron chi connectivity index (χ4n) is 2.77. The fraction of sp³-hybridized carbons (Fsp3) is 0.0526. The number of rotatable bonds is 3. The lowest BCUT2D eigenvalue weighted by Crippen LogP contribution is -1.96. The van der Waals surface area contributed by atoms with Crippen LogP contribution in [0, 0.1) is 0 Å². The van der Waals surface area contributed by atoms with Crippen LogP contribution in [0.2, 0.25) is 0 Å². The van der Waals surface area contributed by atoms with E-state index >= 15 is 0 Å². The summed E-state index contributed by atoms with van der Waals surface area (Å²) in [4.78, 5) is 4.16. The highest BCUT2D eigenvalue weighted by Crippen LogP contribution is 2.31. The minimum absolute atomic E-state index is 0.865. The molecule has 0 aliphatic heterocycles. The first kappa shape index (κ1) is 13.5. The molecule has 0 saturated heterocycles. The summed E-state index contributed by atoms with van der Waals surface area (Å²) in [6.45, 7) is 0. The maximum absolute atomic E-state index is 5.45. The fourth-order valence-corrected chi connectivity index (χ4v) is 2.77. The van der Waals surface area contributed by atoms with Gasteiger partial charge in [0.25, 0.3) is 0 Å². The molecule has 0 aliphatic carbocycles. The van der Waals surface area contributed by atoms with E-state index < -0.39 is 0 Å². The molecule has 0 spiro atoms. The summed E-state index contributed by atoms with van der Waals surface area (Å²) in [6, 6.07) is 16.1. The first-order valence-electron chi connectivity index (χ1n) is 7.38. The van der Waals surface area contributed by atoms with Gasteiger partial charge in [-0.15, -0.1) is 0 Å². The lowest BCUT2D eigenvalue weighted by molar-refractivity contribution is 0.420. The minimum atomic E-state index is 0.865. The van der Waals surface area contributed by atoms with Crippen LogP contribution in [-0.2, 0) is 0 Å². The van der Waals surface area contributed by atoms with Crippen molar-refractivity contribution < 1.29 is 4.74 Å². The zero-order valence-corrected chi connectivity index (χ0v) is 12.7. The maximum atomic E-state index is 5.45. The topological polar surface area (TPSA) is 39.9 Å². The van der Waals surface area contributed by atoms with Crippen LogP contribution in [0.5, 0.6) is 5.75 Å². The summed E-state index contributed by atoms with van der Waals surface area (Å²) < 4.78 is 7.35.